The van der Waals surface area contributed by atoms with Gasteiger partial charge in [-0.25, -0.2) is 0 Å². The van der Waals surface area contributed by atoms with Gasteiger partial charge in [-0.2, -0.15) is 0 Å². The zero-order valence-corrected chi connectivity index (χ0v) is 22.9. The van der Waals surface area contributed by atoms with Crippen molar-refractivity contribution in [3.8, 4) is 0 Å². The minimum atomic E-state index is -3.42. The molecule has 2 saturated heterocycles. The first-order valence-electron chi connectivity index (χ1n) is 12.4. The number of carbonyl (C=O) groups is 3. The summed E-state index contributed by atoms with van der Waals surface area (Å²) in [6.45, 7) is -1.39. The molecule has 0 spiro atoms. The average Bonchev–Trinajstić information content (AvgIpc) is 2.95. The molecule has 0 aromatic carbocycles. The van der Waals surface area contributed by atoms with Gasteiger partial charge in [-0.1, -0.05) is 11.8 Å². The molecule has 20 heteroatoms. The molecule has 0 saturated carbocycles. The third-order valence-corrected chi connectivity index (χ3v) is 7.54. The van der Waals surface area contributed by atoms with Crippen molar-refractivity contribution in [2.45, 2.75) is 92.2 Å². The Labute approximate surface area is 242 Å². The van der Waals surface area contributed by atoms with Crippen molar-refractivity contribution in [1.29, 1.82) is 0 Å². The number of hydrogen-bond acceptors (Lipinski definition) is 19. The Morgan fingerprint density at radius 1 is 0.857 bits per heavy atom. The van der Waals surface area contributed by atoms with E-state index in [1.54, 1.807) is 0 Å². The Morgan fingerprint density at radius 3 is 1.86 bits per heavy atom. The van der Waals surface area contributed by atoms with Crippen molar-refractivity contribution in [3.63, 3.8) is 0 Å². The number of aliphatic hydroxyl groups excluding tert-OH is 10. The number of Topliss-reactive ketones (excluding diaryl/α,β-unsaturated/α-hetero) is 1. The van der Waals surface area contributed by atoms with E-state index in [2.05, 4.69) is 0 Å². The summed E-state index contributed by atoms with van der Waals surface area (Å²) in [6.07, 6.45) is -24.7. The van der Waals surface area contributed by atoms with Crippen molar-refractivity contribution >= 4 is 28.6 Å². The molecule has 2 heterocycles. The summed E-state index contributed by atoms with van der Waals surface area (Å²) in [5.74, 6) is -4.04. The SMILES string of the molecule is CC(=O)SCC(=O)[C@@](O)(C(N)=O)[C@@H](O)[C@H](O)[C@H](O)CO[C@H]1O[C@H](CO[C@H]2O[C@H](CO)[C@@H](O)[C@H](O)[C@H]2O)[C@@H](O)[C@H](O)[C@H]1O. The summed E-state index contributed by atoms with van der Waals surface area (Å²) in [4.78, 5) is 35.2. The number of hydrogen-bond donors (Lipinski definition) is 12. The van der Waals surface area contributed by atoms with E-state index < -0.39 is 128 Å². The molecule has 0 unspecified atom stereocenters. The molecule has 2 aliphatic heterocycles. The molecule has 0 bridgehead atoms. The molecule has 2 fully saturated rings. The van der Waals surface area contributed by atoms with Crippen LogP contribution < -0.4 is 5.73 Å². The Kier molecular flexibility index (Phi) is 13.6. The van der Waals surface area contributed by atoms with Gasteiger partial charge in [0.25, 0.3) is 5.91 Å². The minimum Gasteiger partial charge on any atom is -0.394 e. The molecule has 0 aromatic heterocycles. The second-order valence-electron chi connectivity index (χ2n) is 9.72. The van der Waals surface area contributed by atoms with Crippen LogP contribution in [0.25, 0.3) is 0 Å². The zero-order valence-electron chi connectivity index (χ0n) is 22.1. The summed E-state index contributed by atoms with van der Waals surface area (Å²) in [7, 11) is 0. The molecule has 2 rings (SSSR count). The molecular weight excluding hydrogens is 598 g/mol. The van der Waals surface area contributed by atoms with Gasteiger partial charge in [0.2, 0.25) is 5.60 Å². The van der Waals surface area contributed by atoms with Gasteiger partial charge in [-0.05, 0) is 0 Å². The van der Waals surface area contributed by atoms with Crippen molar-refractivity contribution in [1.82, 2.24) is 0 Å². The van der Waals surface area contributed by atoms with Crippen molar-refractivity contribution in [2.24, 2.45) is 5.73 Å². The number of aliphatic hydroxyl groups is 11. The van der Waals surface area contributed by atoms with Crippen LogP contribution in [0, 0.1) is 0 Å². The van der Waals surface area contributed by atoms with Crippen LogP contribution in [-0.4, -0.2) is 184 Å². The highest BCUT2D eigenvalue weighted by atomic mass is 32.2. The highest BCUT2D eigenvalue weighted by Gasteiger charge is 2.53. The molecule has 0 radical (unpaired) electrons. The van der Waals surface area contributed by atoms with Crippen LogP contribution in [0.2, 0.25) is 0 Å². The molecule has 19 nitrogen and oxygen atoms in total. The largest absolute Gasteiger partial charge is 0.394 e. The van der Waals surface area contributed by atoms with E-state index in [-0.39, 0.29) is 0 Å². The summed E-state index contributed by atoms with van der Waals surface area (Å²) in [5.41, 5.74) is 1.60. The lowest BCUT2D eigenvalue weighted by Gasteiger charge is -2.43. The third-order valence-electron chi connectivity index (χ3n) is 6.73. The molecule has 42 heavy (non-hydrogen) atoms. The summed E-state index contributed by atoms with van der Waals surface area (Å²) < 4.78 is 20.9. The molecule has 1 amide bonds. The highest BCUT2D eigenvalue weighted by Crippen LogP contribution is 2.27. The third kappa shape index (κ3) is 8.18. The van der Waals surface area contributed by atoms with Gasteiger partial charge in [0.05, 0.1) is 25.6 Å². The molecule has 0 aliphatic carbocycles. The molecule has 244 valence electrons. The van der Waals surface area contributed by atoms with Gasteiger partial charge in [-0.3, -0.25) is 14.4 Å². The first kappa shape index (κ1) is 36.8. The Hall–Kier alpha value is -1.44. The fourth-order valence-corrected chi connectivity index (χ4v) is 4.62. The maximum atomic E-state index is 12.3. The predicted molar refractivity (Wildman–Crippen MR) is 133 cm³/mol. The first-order valence-corrected chi connectivity index (χ1v) is 13.4. The molecular formula is C22H37NO18S. The average molecular weight is 636 g/mol. The lowest BCUT2D eigenvalue weighted by Crippen LogP contribution is -2.65. The van der Waals surface area contributed by atoms with E-state index in [1.165, 1.54) is 0 Å². The Bertz CT molecular complexity index is 928. The smallest absolute Gasteiger partial charge is 0.260 e. The fraction of sp³-hybridized carbons (Fsp3) is 0.864. The van der Waals surface area contributed by atoms with Gasteiger partial charge in [0, 0.05) is 6.92 Å². The summed E-state index contributed by atoms with van der Waals surface area (Å²) >= 11 is 0.374. The lowest BCUT2D eigenvalue weighted by molar-refractivity contribution is -0.333. The van der Waals surface area contributed by atoms with E-state index in [4.69, 9.17) is 24.7 Å². The van der Waals surface area contributed by atoms with Crippen molar-refractivity contribution < 1.29 is 89.5 Å². The number of ketones is 1. The van der Waals surface area contributed by atoms with Crippen LogP contribution in [0.5, 0.6) is 0 Å². The first-order chi connectivity index (χ1) is 19.5. The van der Waals surface area contributed by atoms with Crippen molar-refractivity contribution in [3.05, 3.63) is 0 Å². The second kappa shape index (κ2) is 15.5. The summed E-state index contributed by atoms with van der Waals surface area (Å²) in [6, 6.07) is 0. The van der Waals surface area contributed by atoms with E-state index in [0.29, 0.717) is 11.8 Å². The van der Waals surface area contributed by atoms with Gasteiger partial charge in [0.15, 0.2) is 23.5 Å². The standard InChI is InChI=1S/C22H37NO18S/c1-6(25)42-5-10(27)22(37,21(23)36)18(35)11(28)7(26)3-38-19-17(34)15(32)13(30)9(41-19)4-39-20-16(33)14(31)12(29)8(2-24)40-20/h7-9,11-20,24,26,28-35,37H,2-5H2,1H3,(H2,23,36)/t7-,8-,9-,11-,12-,13-,14+,15+,16-,17-,18+,19+,20+,22+/m1/s1. The fourth-order valence-electron chi connectivity index (χ4n) is 4.06. The highest BCUT2D eigenvalue weighted by molar-refractivity contribution is 8.14. The van der Waals surface area contributed by atoms with Crippen LogP contribution >= 0.6 is 11.8 Å². The topological polar surface area (TPSA) is 337 Å². The van der Waals surface area contributed by atoms with Crippen LogP contribution in [0.15, 0.2) is 0 Å². The number of nitrogens with two attached hydrogens (primary N) is 1. The van der Waals surface area contributed by atoms with E-state index in [0.717, 1.165) is 6.92 Å². The van der Waals surface area contributed by atoms with Crippen molar-refractivity contribution in [2.75, 3.05) is 25.6 Å². The van der Waals surface area contributed by atoms with Gasteiger partial charge < -0.3 is 80.9 Å². The predicted octanol–water partition coefficient (Wildman–Crippen LogP) is -8.22. The number of carbonyl (C=O) groups excluding carboxylic acids is 3. The van der Waals surface area contributed by atoms with Gasteiger partial charge in [0.1, 0.15) is 67.1 Å². The van der Waals surface area contributed by atoms with Crippen LogP contribution in [0.4, 0.5) is 0 Å². The van der Waals surface area contributed by atoms with E-state index in [9.17, 15) is 70.6 Å². The number of rotatable bonds is 14. The number of ether oxygens (including phenoxy) is 4. The quantitative estimate of drug-likeness (QED) is 0.0788. The molecule has 13 N–H and O–H groups in total. The molecule has 14 atom stereocenters. The minimum absolute atomic E-state index is 0.374. The molecule has 0 aromatic rings. The van der Waals surface area contributed by atoms with E-state index >= 15 is 0 Å². The lowest BCUT2D eigenvalue weighted by atomic mass is 9.86. The Balaban J connectivity index is 2.04. The normalized spacial score (nSPS) is 37.3. The van der Waals surface area contributed by atoms with Gasteiger partial charge in [-0.15, -0.1) is 0 Å². The van der Waals surface area contributed by atoms with Gasteiger partial charge >= 0.3 is 0 Å². The van der Waals surface area contributed by atoms with Crippen LogP contribution in [-0.2, 0) is 33.3 Å². The second-order valence-corrected chi connectivity index (χ2v) is 10.9. The monoisotopic (exact) mass is 635 g/mol. The van der Waals surface area contributed by atoms with Crippen LogP contribution in [0.3, 0.4) is 0 Å². The number of primary amides is 1. The maximum Gasteiger partial charge on any atom is 0.260 e. The summed E-state index contributed by atoms with van der Waals surface area (Å²) in [5, 5.41) is 111. The van der Waals surface area contributed by atoms with E-state index in [1.807, 2.05) is 0 Å². The number of thioether (sulfide) groups is 1. The molecule has 2 aliphatic rings. The Morgan fingerprint density at radius 2 is 1.36 bits per heavy atom. The zero-order chi connectivity index (χ0) is 32.1. The van der Waals surface area contributed by atoms with Crippen LogP contribution in [0.1, 0.15) is 6.92 Å². The number of amides is 1. The maximum absolute atomic E-state index is 12.3.